The lowest BCUT2D eigenvalue weighted by atomic mass is 10.4. The largest absolute Gasteiger partial charge is 0.729 e. The number of phosphoric acid groups is 1. The predicted octanol–water partition coefficient (Wildman–Crippen LogP) is 1.50. The van der Waals surface area contributed by atoms with E-state index < -0.39 is 30.5 Å². The maximum atomic E-state index is 11.4. The molecule has 0 aliphatic carbocycles. The minimum Gasteiger partial charge on any atom is -0.317 e. The third-order valence-corrected chi connectivity index (χ3v) is 1.76. The standard InChI is InChI=1S/B3F5O4P/c4-1-10-13(9,11-2(5)6)12-3(7)8. The first-order chi connectivity index (χ1) is 5.89. The van der Waals surface area contributed by atoms with Crippen LogP contribution in [0.4, 0.5) is 21.6 Å². The molecule has 1 radical (unpaired) electrons. The van der Waals surface area contributed by atoms with Gasteiger partial charge in [0.25, 0.3) is 0 Å². The highest BCUT2D eigenvalue weighted by molar-refractivity contribution is 7.52. The fraction of sp³-hybridized carbons (Fsp3) is 0. The Morgan fingerprint density at radius 2 is 1.46 bits per heavy atom. The number of hydrogen-bond donors (Lipinski definition) is 0. The van der Waals surface area contributed by atoms with Crippen LogP contribution in [0.3, 0.4) is 0 Å². The molecule has 0 fully saturated rings. The molecule has 0 aromatic heterocycles. The molecule has 0 N–H and O–H groups in total. The molecule has 0 aliphatic rings. The second-order valence-electron chi connectivity index (χ2n) is 1.37. The van der Waals surface area contributed by atoms with E-state index in [1.807, 2.05) is 0 Å². The van der Waals surface area contributed by atoms with Crippen molar-refractivity contribution in [2.75, 3.05) is 0 Å². The molecule has 73 valence electrons. The van der Waals surface area contributed by atoms with Crippen LogP contribution in [0.25, 0.3) is 0 Å². The van der Waals surface area contributed by atoms with Crippen LogP contribution in [0.1, 0.15) is 0 Å². The minimum atomic E-state index is -5.26. The summed E-state index contributed by atoms with van der Waals surface area (Å²) in [4.78, 5) is 0. The first-order valence-electron chi connectivity index (χ1n) is 2.53. The first kappa shape index (κ1) is 13.0. The summed E-state index contributed by atoms with van der Waals surface area (Å²) >= 11 is 0. The summed E-state index contributed by atoms with van der Waals surface area (Å²) in [5.74, 6) is 0. The Morgan fingerprint density at radius 3 is 1.69 bits per heavy atom. The minimum absolute atomic E-state index is 0.856. The number of hydrogen-bond acceptors (Lipinski definition) is 4. The Kier molecular flexibility index (Phi) is 5.62. The molecule has 0 aromatic carbocycles. The van der Waals surface area contributed by atoms with E-state index in [0.717, 1.165) is 0 Å². The Bertz CT molecular complexity index is 173. The van der Waals surface area contributed by atoms with Gasteiger partial charge >= 0.3 is 30.5 Å². The smallest absolute Gasteiger partial charge is 0.317 e. The van der Waals surface area contributed by atoms with Crippen molar-refractivity contribution in [2.24, 2.45) is 0 Å². The quantitative estimate of drug-likeness (QED) is 0.388. The zero-order chi connectivity index (χ0) is 10.5. The van der Waals surface area contributed by atoms with Gasteiger partial charge in [0.15, 0.2) is 0 Å². The summed E-state index contributed by atoms with van der Waals surface area (Å²) in [6.45, 7) is 0. The molecule has 0 atom stereocenters. The van der Waals surface area contributed by atoms with Gasteiger partial charge in [-0.05, 0) is 0 Å². The molecule has 13 heteroatoms. The van der Waals surface area contributed by atoms with Crippen LogP contribution in [-0.4, -0.2) is 22.7 Å². The molecule has 0 saturated heterocycles. The van der Waals surface area contributed by atoms with Gasteiger partial charge in [0, 0.05) is 0 Å². The summed E-state index contributed by atoms with van der Waals surface area (Å²) in [5, 5.41) is 0. The number of rotatable bonds is 6. The third kappa shape index (κ3) is 6.08. The van der Waals surface area contributed by atoms with Crippen LogP contribution >= 0.6 is 7.82 Å². The van der Waals surface area contributed by atoms with Crippen LogP contribution in [0.5, 0.6) is 0 Å². The third-order valence-electron chi connectivity index (χ3n) is 0.587. The molecule has 0 amide bonds. The van der Waals surface area contributed by atoms with Crippen molar-refractivity contribution in [1.82, 2.24) is 0 Å². The van der Waals surface area contributed by atoms with Gasteiger partial charge in [-0.2, -0.15) is 0 Å². The lowest BCUT2D eigenvalue weighted by Crippen LogP contribution is -2.12. The molecular formula is B3F5O4P. The zero-order valence-electron chi connectivity index (χ0n) is 5.70. The average molecular weight is 222 g/mol. The molecular weight excluding hydrogens is 222 g/mol. The predicted molar refractivity (Wildman–Crippen MR) is 33.7 cm³/mol. The van der Waals surface area contributed by atoms with E-state index in [0.29, 0.717) is 0 Å². The summed E-state index contributed by atoms with van der Waals surface area (Å²) in [6.07, 6.45) is 0. The summed E-state index contributed by atoms with van der Waals surface area (Å²) in [5.41, 5.74) is 0. The molecule has 0 saturated carbocycles. The summed E-state index contributed by atoms with van der Waals surface area (Å²) in [7, 11) is -13.5. The maximum Gasteiger partial charge on any atom is 0.729 e. The highest BCUT2D eigenvalue weighted by Gasteiger charge is 2.40. The van der Waals surface area contributed by atoms with Crippen molar-refractivity contribution >= 4 is 30.5 Å². The van der Waals surface area contributed by atoms with Crippen LogP contribution in [0.2, 0.25) is 0 Å². The molecule has 4 nitrogen and oxygen atoms in total. The monoisotopic (exact) mass is 223 g/mol. The van der Waals surface area contributed by atoms with Crippen LogP contribution in [0, 0.1) is 0 Å². The van der Waals surface area contributed by atoms with E-state index in [-0.39, 0.29) is 0 Å². The van der Waals surface area contributed by atoms with Gasteiger partial charge < -0.3 is 4.44 Å². The van der Waals surface area contributed by atoms with Crippen LogP contribution < -0.4 is 0 Å². The van der Waals surface area contributed by atoms with Gasteiger partial charge in [0.2, 0.25) is 0 Å². The lowest BCUT2D eigenvalue weighted by molar-refractivity contribution is 0.255. The molecule has 0 bridgehead atoms. The topological polar surface area (TPSA) is 44.8 Å². The zero-order valence-corrected chi connectivity index (χ0v) is 6.60. The van der Waals surface area contributed by atoms with Gasteiger partial charge in [-0.25, -0.2) is 4.57 Å². The highest BCUT2D eigenvalue weighted by Crippen LogP contribution is 2.50. The second kappa shape index (κ2) is 5.64. The lowest BCUT2D eigenvalue weighted by Gasteiger charge is -2.13. The van der Waals surface area contributed by atoms with Gasteiger partial charge in [0.05, 0.1) is 0 Å². The fourth-order valence-electron chi connectivity index (χ4n) is 0.319. The Morgan fingerprint density at radius 1 is 1.08 bits per heavy atom. The molecule has 0 heterocycles. The van der Waals surface area contributed by atoms with Crippen molar-refractivity contribution < 1.29 is 39.5 Å². The van der Waals surface area contributed by atoms with E-state index in [4.69, 9.17) is 0 Å². The van der Waals surface area contributed by atoms with Crippen molar-refractivity contribution in [3.05, 3.63) is 0 Å². The van der Waals surface area contributed by atoms with Gasteiger partial charge in [-0.15, -0.1) is 0 Å². The summed E-state index contributed by atoms with van der Waals surface area (Å²) < 4.78 is 76.5. The molecule has 13 heavy (non-hydrogen) atoms. The van der Waals surface area contributed by atoms with Crippen LogP contribution in [0.15, 0.2) is 0 Å². The Labute approximate surface area is 71.1 Å². The van der Waals surface area contributed by atoms with E-state index in [2.05, 4.69) is 13.3 Å². The van der Waals surface area contributed by atoms with Gasteiger partial charge in [-0.3, -0.25) is 30.5 Å². The Hall–Kier alpha value is -0.0452. The average Bonchev–Trinajstić information content (AvgIpc) is 1.81. The highest BCUT2D eigenvalue weighted by atomic mass is 31.2. The fourth-order valence-corrected chi connectivity index (χ4v) is 0.956. The van der Waals surface area contributed by atoms with Gasteiger partial charge in [-0.1, -0.05) is 0 Å². The SMILES string of the molecule is O=P(O[B]F)(OB(F)F)OB(F)F. The molecule has 0 rings (SSSR count). The number of halogens is 5. The molecule has 0 unspecified atom stereocenters. The van der Waals surface area contributed by atoms with E-state index in [1.165, 1.54) is 0 Å². The molecule has 0 aliphatic heterocycles. The van der Waals surface area contributed by atoms with Crippen LogP contribution in [-0.2, 0) is 17.9 Å². The second-order valence-corrected chi connectivity index (χ2v) is 2.90. The van der Waals surface area contributed by atoms with Crippen molar-refractivity contribution in [2.45, 2.75) is 0 Å². The molecule has 0 spiro atoms. The molecule has 0 aromatic rings. The van der Waals surface area contributed by atoms with E-state index >= 15 is 0 Å². The maximum absolute atomic E-state index is 11.4. The van der Waals surface area contributed by atoms with E-state index in [9.17, 15) is 26.1 Å². The summed E-state index contributed by atoms with van der Waals surface area (Å²) in [6, 6.07) is 0. The van der Waals surface area contributed by atoms with Gasteiger partial charge in [0.1, 0.15) is 0 Å². The Balaban J connectivity index is 4.25. The van der Waals surface area contributed by atoms with E-state index in [1.54, 1.807) is 0 Å². The normalized spacial score (nSPS) is 11.2. The van der Waals surface area contributed by atoms with Crippen molar-refractivity contribution in [3.8, 4) is 0 Å². The van der Waals surface area contributed by atoms with Crippen molar-refractivity contribution in [3.63, 3.8) is 0 Å². The van der Waals surface area contributed by atoms with Crippen molar-refractivity contribution in [1.29, 1.82) is 0 Å². The first-order valence-corrected chi connectivity index (χ1v) is 3.99.